The minimum absolute atomic E-state index is 0.833. The largest absolute Gasteiger partial charge is 0.385 e. The fourth-order valence-electron chi connectivity index (χ4n) is 2.30. The third kappa shape index (κ3) is 6.99. The standard InChI is InChI=1S/C13H29N3O/c1-17-13-5-4-8-16-11-9-15(10-12-16)7-3-2-6-14/h2-14H2,1H3. The molecule has 0 spiro atoms. The number of ether oxygens (including phenoxy) is 1. The lowest BCUT2D eigenvalue weighted by Gasteiger charge is -2.34. The maximum atomic E-state index is 5.51. The van der Waals surface area contributed by atoms with Crippen LogP contribution in [0.25, 0.3) is 0 Å². The molecule has 4 nitrogen and oxygen atoms in total. The zero-order chi connectivity index (χ0) is 12.3. The van der Waals surface area contributed by atoms with Gasteiger partial charge in [0.15, 0.2) is 0 Å². The SMILES string of the molecule is COCCCCN1CCN(CCCCN)CC1. The van der Waals surface area contributed by atoms with Crippen LogP contribution in [0.5, 0.6) is 0 Å². The smallest absolute Gasteiger partial charge is 0.0462 e. The molecule has 1 aliphatic heterocycles. The van der Waals surface area contributed by atoms with E-state index in [4.69, 9.17) is 10.5 Å². The fourth-order valence-corrected chi connectivity index (χ4v) is 2.30. The number of rotatable bonds is 9. The van der Waals surface area contributed by atoms with Crippen molar-refractivity contribution in [3.05, 3.63) is 0 Å². The van der Waals surface area contributed by atoms with Gasteiger partial charge < -0.3 is 20.3 Å². The Morgan fingerprint density at radius 2 is 1.41 bits per heavy atom. The van der Waals surface area contributed by atoms with Gasteiger partial charge in [-0.05, 0) is 45.3 Å². The van der Waals surface area contributed by atoms with Gasteiger partial charge in [0.2, 0.25) is 0 Å². The van der Waals surface area contributed by atoms with Gasteiger partial charge in [-0.15, -0.1) is 0 Å². The normalized spacial score (nSPS) is 18.7. The summed E-state index contributed by atoms with van der Waals surface area (Å²) in [6.45, 7) is 9.13. The van der Waals surface area contributed by atoms with E-state index in [1.54, 1.807) is 7.11 Å². The molecule has 0 bridgehead atoms. The lowest BCUT2D eigenvalue weighted by Crippen LogP contribution is -2.46. The minimum Gasteiger partial charge on any atom is -0.385 e. The number of hydrogen-bond acceptors (Lipinski definition) is 4. The van der Waals surface area contributed by atoms with Crippen LogP contribution < -0.4 is 5.73 Å². The van der Waals surface area contributed by atoms with Gasteiger partial charge in [0, 0.05) is 39.9 Å². The van der Waals surface area contributed by atoms with E-state index >= 15 is 0 Å². The number of piperazine rings is 1. The van der Waals surface area contributed by atoms with Gasteiger partial charge in [-0.3, -0.25) is 0 Å². The third-order valence-electron chi connectivity index (χ3n) is 3.47. The summed E-state index contributed by atoms with van der Waals surface area (Å²) in [7, 11) is 1.78. The lowest BCUT2D eigenvalue weighted by molar-refractivity contribution is 0.124. The van der Waals surface area contributed by atoms with Crippen molar-refractivity contribution in [2.45, 2.75) is 25.7 Å². The summed E-state index contributed by atoms with van der Waals surface area (Å²) in [5, 5.41) is 0. The molecule has 0 radical (unpaired) electrons. The second-order valence-corrected chi connectivity index (χ2v) is 4.88. The van der Waals surface area contributed by atoms with Crippen LogP contribution >= 0.6 is 0 Å². The Kier molecular flexibility index (Phi) is 8.61. The van der Waals surface area contributed by atoms with Gasteiger partial charge in [0.25, 0.3) is 0 Å². The van der Waals surface area contributed by atoms with Crippen molar-refractivity contribution in [3.63, 3.8) is 0 Å². The molecule has 0 aliphatic carbocycles. The maximum absolute atomic E-state index is 5.51. The highest BCUT2D eigenvalue weighted by Crippen LogP contribution is 2.05. The number of nitrogens with two attached hydrogens (primary N) is 1. The topological polar surface area (TPSA) is 41.7 Å². The first-order valence-corrected chi connectivity index (χ1v) is 7.00. The number of unbranched alkanes of at least 4 members (excludes halogenated alkanes) is 2. The molecule has 1 saturated heterocycles. The van der Waals surface area contributed by atoms with Crippen LogP contribution in [-0.2, 0) is 4.74 Å². The van der Waals surface area contributed by atoms with Crippen LogP contribution in [0.4, 0.5) is 0 Å². The Bertz CT molecular complexity index is 170. The highest BCUT2D eigenvalue weighted by Gasteiger charge is 2.15. The van der Waals surface area contributed by atoms with Crippen LogP contribution in [0.1, 0.15) is 25.7 Å². The summed E-state index contributed by atoms with van der Waals surface area (Å²) in [4.78, 5) is 5.15. The van der Waals surface area contributed by atoms with Crippen molar-refractivity contribution in [3.8, 4) is 0 Å². The van der Waals surface area contributed by atoms with Crippen LogP contribution in [0.15, 0.2) is 0 Å². The van der Waals surface area contributed by atoms with Gasteiger partial charge >= 0.3 is 0 Å². The molecule has 102 valence electrons. The average Bonchev–Trinajstić information content (AvgIpc) is 2.37. The fraction of sp³-hybridized carbons (Fsp3) is 1.00. The number of nitrogens with zero attached hydrogens (tertiary/aromatic N) is 2. The van der Waals surface area contributed by atoms with E-state index in [2.05, 4.69) is 9.80 Å². The Balaban J connectivity index is 1.97. The average molecular weight is 243 g/mol. The van der Waals surface area contributed by atoms with E-state index in [1.165, 1.54) is 58.5 Å². The van der Waals surface area contributed by atoms with Crippen molar-refractivity contribution < 1.29 is 4.74 Å². The van der Waals surface area contributed by atoms with Crippen LogP contribution in [0, 0.1) is 0 Å². The predicted molar refractivity (Wildman–Crippen MR) is 72.3 cm³/mol. The number of hydrogen-bond donors (Lipinski definition) is 1. The molecule has 0 atom stereocenters. The van der Waals surface area contributed by atoms with E-state index < -0.39 is 0 Å². The molecular weight excluding hydrogens is 214 g/mol. The van der Waals surface area contributed by atoms with E-state index in [-0.39, 0.29) is 0 Å². The molecule has 0 aromatic carbocycles. The molecular formula is C13H29N3O. The molecule has 2 N–H and O–H groups in total. The third-order valence-corrected chi connectivity index (χ3v) is 3.47. The molecule has 1 aliphatic rings. The summed E-state index contributed by atoms with van der Waals surface area (Å²) in [6, 6.07) is 0. The second kappa shape index (κ2) is 9.83. The summed E-state index contributed by atoms with van der Waals surface area (Å²) >= 11 is 0. The molecule has 0 amide bonds. The zero-order valence-electron chi connectivity index (χ0n) is 11.4. The van der Waals surface area contributed by atoms with Crippen molar-refractivity contribution in [1.82, 2.24) is 9.80 Å². The zero-order valence-corrected chi connectivity index (χ0v) is 11.4. The molecule has 1 heterocycles. The maximum Gasteiger partial charge on any atom is 0.0462 e. The van der Waals surface area contributed by atoms with Crippen molar-refractivity contribution in [2.75, 3.05) is 59.5 Å². The summed E-state index contributed by atoms with van der Waals surface area (Å²) in [5.41, 5.74) is 5.51. The van der Waals surface area contributed by atoms with Crippen LogP contribution in [-0.4, -0.2) is 69.3 Å². The van der Waals surface area contributed by atoms with Crippen LogP contribution in [0.2, 0.25) is 0 Å². The Labute approximate surface area is 106 Å². The molecule has 4 heteroatoms. The first kappa shape index (κ1) is 14.9. The first-order valence-electron chi connectivity index (χ1n) is 7.00. The van der Waals surface area contributed by atoms with E-state index in [0.29, 0.717) is 0 Å². The molecule has 0 aromatic heterocycles. The van der Waals surface area contributed by atoms with Gasteiger partial charge in [0.1, 0.15) is 0 Å². The predicted octanol–water partition coefficient (Wildman–Crippen LogP) is 0.770. The highest BCUT2D eigenvalue weighted by molar-refractivity contribution is 4.71. The van der Waals surface area contributed by atoms with Crippen molar-refractivity contribution >= 4 is 0 Å². The highest BCUT2D eigenvalue weighted by atomic mass is 16.5. The Morgan fingerprint density at radius 1 is 0.882 bits per heavy atom. The van der Waals surface area contributed by atoms with Gasteiger partial charge in [-0.2, -0.15) is 0 Å². The van der Waals surface area contributed by atoms with Crippen molar-refractivity contribution in [1.29, 1.82) is 0 Å². The summed E-state index contributed by atoms with van der Waals surface area (Å²) < 4.78 is 5.07. The van der Waals surface area contributed by atoms with Gasteiger partial charge in [-0.25, -0.2) is 0 Å². The summed E-state index contributed by atoms with van der Waals surface area (Å²) in [6.07, 6.45) is 4.87. The Morgan fingerprint density at radius 3 is 1.88 bits per heavy atom. The van der Waals surface area contributed by atoms with Gasteiger partial charge in [0.05, 0.1) is 0 Å². The molecule has 17 heavy (non-hydrogen) atoms. The van der Waals surface area contributed by atoms with Crippen LogP contribution in [0.3, 0.4) is 0 Å². The minimum atomic E-state index is 0.833. The molecule has 1 fully saturated rings. The monoisotopic (exact) mass is 243 g/mol. The summed E-state index contributed by atoms with van der Waals surface area (Å²) in [5.74, 6) is 0. The van der Waals surface area contributed by atoms with E-state index in [1.807, 2.05) is 0 Å². The molecule has 0 aromatic rings. The second-order valence-electron chi connectivity index (χ2n) is 4.88. The lowest BCUT2D eigenvalue weighted by atomic mass is 10.2. The van der Waals surface area contributed by atoms with Crippen molar-refractivity contribution in [2.24, 2.45) is 5.73 Å². The van der Waals surface area contributed by atoms with E-state index in [0.717, 1.165) is 19.6 Å². The molecule has 1 rings (SSSR count). The molecule has 0 unspecified atom stereocenters. The quantitative estimate of drug-likeness (QED) is 0.607. The Hall–Kier alpha value is -0.160. The molecule has 0 saturated carbocycles. The first-order chi connectivity index (χ1) is 8.36. The van der Waals surface area contributed by atoms with Gasteiger partial charge in [-0.1, -0.05) is 0 Å². The number of methoxy groups -OCH3 is 1. The van der Waals surface area contributed by atoms with E-state index in [9.17, 15) is 0 Å².